The summed E-state index contributed by atoms with van der Waals surface area (Å²) in [5.74, 6) is 1.45. The van der Waals surface area contributed by atoms with Crippen LogP contribution in [0.1, 0.15) is 11.4 Å². The molecule has 2 aromatic heterocycles. The number of benzene rings is 1. The molecule has 2 heterocycles. The van der Waals surface area contributed by atoms with E-state index in [1.54, 1.807) is 14.2 Å². The van der Waals surface area contributed by atoms with Crippen LogP contribution >= 0.6 is 0 Å². The normalized spacial score (nSPS) is 10.9. The lowest BCUT2D eigenvalue weighted by Crippen LogP contribution is -1.95. The van der Waals surface area contributed by atoms with Crippen molar-refractivity contribution < 1.29 is 9.47 Å². The second-order valence-electron chi connectivity index (χ2n) is 4.98. The number of nitrogens with zero attached hydrogens (tertiary/aromatic N) is 2. The van der Waals surface area contributed by atoms with E-state index in [9.17, 15) is 0 Å². The minimum Gasteiger partial charge on any atom is -0.493 e. The lowest BCUT2D eigenvalue weighted by atomic mass is 10.1. The van der Waals surface area contributed by atoms with E-state index in [1.165, 1.54) is 0 Å². The van der Waals surface area contributed by atoms with E-state index in [-0.39, 0.29) is 0 Å². The molecule has 0 unspecified atom stereocenters. The molecule has 0 spiro atoms. The minimum atomic E-state index is 0.720. The molecule has 1 aromatic carbocycles. The molecule has 0 saturated carbocycles. The molecular formula is C17H18N2O2. The SMILES string of the molecule is COc1ccc(-c2c(C)nc3cccc(C)n23)cc1OC. The van der Waals surface area contributed by atoms with Crippen LogP contribution in [0.4, 0.5) is 0 Å². The van der Waals surface area contributed by atoms with Crippen molar-refractivity contribution in [2.45, 2.75) is 13.8 Å². The van der Waals surface area contributed by atoms with Gasteiger partial charge >= 0.3 is 0 Å². The Labute approximate surface area is 124 Å². The Kier molecular flexibility index (Phi) is 3.29. The predicted octanol–water partition coefficient (Wildman–Crippen LogP) is 3.64. The fourth-order valence-electron chi connectivity index (χ4n) is 2.69. The topological polar surface area (TPSA) is 35.8 Å². The third-order valence-corrected chi connectivity index (χ3v) is 3.67. The van der Waals surface area contributed by atoms with Crippen LogP contribution in [0.15, 0.2) is 36.4 Å². The summed E-state index contributed by atoms with van der Waals surface area (Å²) in [6.45, 7) is 4.11. The average molecular weight is 282 g/mol. The first-order valence-electron chi connectivity index (χ1n) is 6.82. The van der Waals surface area contributed by atoms with Crippen LogP contribution < -0.4 is 9.47 Å². The summed E-state index contributed by atoms with van der Waals surface area (Å²) in [7, 11) is 3.29. The lowest BCUT2D eigenvalue weighted by molar-refractivity contribution is 0.355. The summed E-state index contributed by atoms with van der Waals surface area (Å²) >= 11 is 0. The lowest BCUT2D eigenvalue weighted by Gasteiger charge is -2.11. The number of aromatic nitrogens is 2. The van der Waals surface area contributed by atoms with Gasteiger partial charge < -0.3 is 9.47 Å². The molecular weight excluding hydrogens is 264 g/mol. The van der Waals surface area contributed by atoms with Crippen molar-refractivity contribution in [1.29, 1.82) is 0 Å². The Bertz CT molecular complexity index is 806. The van der Waals surface area contributed by atoms with Crippen LogP contribution in [-0.4, -0.2) is 23.6 Å². The number of imidazole rings is 1. The quantitative estimate of drug-likeness (QED) is 0.736. The number of fused-ring (bicyclic) bond motifs is 1. The van der Waals surface area contributed by atoms with Gasteiger partial charge in [0.25, 0.3) is 0 Å². The Morgan fingerprint density at radius 1 is 0.952 bits per heavy atom. The largest absolute Gasteiger partial charge is 0.493 e. The second kappa shape index (κ2) is 5.13. The zero-order valence-electron chi connectivity index (χ0n) is 12.7. The summed E-state index contributed by atoms with van der Waals surface area (Å²) in [6, 6.07) is 12.1. The van der Waals surface area contributed by atoms with Crippen LogP contribution in [0.3, 0.4) is 0 Å². The van der Waals surface area contributed by atoms with Gasteiger partial charge in [0.1, 0.15) is 5.65 Å². The summed E-state index contributed by atoms with van der Waals surface area (Å²) in [5.41, 5.74) is 5.25. The molecule has 0 bridgehead atoms. The number of hydrogen-bond donors (Lipinski definition) is 0. The van der Waals surface area contributed by atoms with Crippen molar-refractivity contribution in [3.63, 3.8) is 0 Å². The van der Waals surface area contributed by atoms with Gasteiger partial charge in [0.05, 0.1) is 25.6 Å². The summed E-state index contributed by atoms with van der Waals surface area (Å²) in [4.78, 5) is 4.64. The molecule has 3 aromatic rings. The third kappa shape index (κ3) is 2.13. The van der Waals surface area contributed by atoms with Crippen molar-refractivity contribution in [1.82, 2.24) is 9.38 Å². The number of methoxy groups -OCH3 is 2. The summed E-state index contributed by atoms with van der Waals surface area (Å²) < 4.78 is 12.9. The molecule has 0 radical (unpaired) electrons. The molecule has 4 heteroatoms. The Morgan fingerprint density at radius 2 is 1.71 bits per heavy atom. The monoisotopic (exact) mass is 282 g/mol. The highest BCUT2D eigenvalue weighted by molar-refractivity contribution is 5.70. The molecule has 108 valence electrons. The zero-order valence-corrected chi connectivity index (χ0v) is 12.7. The van der Waals surface area contributed by atoms with E-state index in [0.29, 0.717) is 0 Å². The molecule has 4 nitrogen and oxygen atoms in total. The standard InChI is InChI=1S/C17H18N2O2/c1-11-6-5-7-16-18-12(2)17(19(11)16)13-8-9-14(20-3)15(10-13)21-4/h5-10H,1-4H3. The number of pyridine rings is 1. The maximum absolute atomic E-state index is 5.40. The third-order valence-electron chi connectivity index (χ3n) is 3.67. The van der Waals surface area contributed by atoms with Gasteiger partial charge in [-0.2, -0.15) is 0 Å². The second-order valence-corrected chi connectivity index (χ2v) is 4.98. The molecule has 3 rings (SSSR count). The molecule has 0 saturated heterocycles. The highest BCUT2D eigenvalue weighted by atomic mass is 16.5. The van der Waals surface area contributed by atoms with E-state index < -0.39 is 0 Å². The van der Waals surface area contributed by atoms with E-state index in [0.717, 1.165) is 39.8 Å². The molecule has 0 amide bonds. The number of ether oxygens (including phenoxy) is 2. The molecule has 0 aliphatic carbocycles. The van der Waals surface area contributed by atoms with Crippen molar-refractivity contribution in [3.05, 3.63) is 47.8 Å². The van der Waals surface area contributed by atoms with E-state index >= 15 is 0 Å². The van der Waals surface area contributed by atoms with Crippen molar-refractivity contribution in [3.8, 4) is 22.8 Å². The van der Waals surface area contributed by atoms with Crippen molar-refractivity contribution in [2.75, 3.05) is 14.2 Å². The van der Waals surface area contributed by atoms with E-state index in [1.807, 2.05) is 37.3 Å². The fourth-order valence-corrected chi connectivity index (χ4v) is 2.69. The van der Waals surface area contributed by atoms with Crippen LogP contribution in [-0.2, 0) is 0 Å². The first kappa shape index (κ1) is 13.5. The Morgan fingerprint density at radius 3 is 2.43 bits per heavy atom. The van der Waals surface area contributed by atoms with Gasteiger partial charge in [-0.05, 0) is 44.2 Å². The summed E-state index contributed by atoms with van der Waals surface area (Å²) in [6.07, 6.45) is 0. The molecule has 0 atom stereocenters. The molecule has 0 fully saturated rings. The minimum absolute atomic E-state index is 0.720. The highest BCUT2D eigenvalue weighted by Gasteiger charge is 2.14. The van der Waals surface area contributed by atoms with Gasteiger partial charge in [-0.25, -0.2) is 4.98 Å². The van der Waals surface area contributed by atoms with Gasteiger partial charge in [0.2, 0.25) is 0 Å². The van der Waals surface area contributed by atoms with Crippen LogP contribution in [0.2, 0.25) is 0 Å². The fraction of sp³-hybridized carbons (Fsp3) is 0.235. The van der Waals surface area contributed by atoms with Gasteiger partial charge in [0, 0.05) is 11.3 Å². The van der Waals surface area contributed by atoms with Crippen LogP contribution in [0, 0.1) is 13.8 Å². The van der Waals surface area contributed by atoms with Gasteiger partial charge in [-0.15, -0.1) is 0 Å². The maximum atomic E-state index is 5.40. The van der Waals surface area contributed by atoms with Crippen LogP contribution in [0.5, 0.6) is 11.5 Å². The van der Waals surface area contributed by atoms with Gasteiger partial charge in [0.15, 0.2) is 11.5 Å². The number of aryl methyl sites for hydroxylation is 2. The Balaban J connectivity index is 2.28. The molecule has 21 heavy (non-hydrogen) atoms. The first-order valence-corrected chi connectivity index (χ1v) is 6.82. The van der Waals surface area contributed by atoms with Crippen molar-refractivity contribution >= 4 is 5.65 Å². The van der Waals surface area contributed by atoms with Crippen LogP contribution in [0.25, 0.3) is 16.9 Å². The van der Waals surface area contributed by atoms with Gasteiger partial charge in [-0.3, -0.25) is 4.40 Å². The van der Waals surface area contributed by atoms with E-state index in [2.05, 4.69) is 22.4 Å². The number of hydrogen-bond acceptors (Lipinski definition) is 3. The first-order chi connectivity index (χ1) is 10.2. The maximum Gasteiger partial charge on any atom is 0.161 e. The van der Waals surface area contributed by atoms with Crippen molar-refractivity contribution in [2.24, 2.45) is 0 Å². The highest BCUT2D eigenvalue weighted by Crippen LogP contribution is 2.34. The van der Waals surface area contributed by atoms with E-state index in [4.69, 9.17) is 9.47 Å². The number of rotatable bonds is 3. The molecule has 0 aliphatic heterocycles. The molecule has 0 aliphatic rings. The summed E-state index contributed by atoms with van der Waals surface area (Å²) in [5, 5.41) is 0. The van der Waals surface area contributed by atoms with Gasteiger partial charge in [-0.1, -0.05) is 6.07 Å². The predicted molar refractivity (Wildman–Crippen MR) is 83.2 cm³/mol. The smallest absolute Gasteiger partial charge is 0.161 e. The Hall–Kier alpha value is -2.49. The zero-order chi connectivity index (χ0) is 15.0. The average Bonchev–Trinajstić information content (AvgIpc) is 2.84. The molecule has 0 N–H and O–H groups in total.